The first-order chi connectivity index (χ1) is 11.6. The summed E-state index contributed by atoms with van der Waals surface area (Å²) in [5.41, 5.74) is 1.61. The lowest BCUT2D eigenvalue weighted by atomic mass is 10.2. The molecule has 2 aromatic heterocycles. The van der Waals surface area contributed by atoms with Gasteiger partial charge in [-0.15, -0.1) is 0 Å². The summed E-state index contributed by atoms with van der Waals surface area (Å²) in [5.74, 6) is 0.191. The van der Waals surface area contributed by atoms with E-state index in [9.17, 15) is 9.59 Å². The number of carbonyl (C=O) groups is 1. The second-order valence-electron chi connectivity index (χ2n) is 5.60. The van der Waals surface area contributed by atoms with Gasteiger partial charge in [0.05, 0.1) is 28.7 Å². The van der Waals surface area contributed by atoms with E-state index in [0.717, 1.165) is 13.0 Å². The van der Waals surface area contributed by atoms with Gasteiger partial charge in [-0.3, -0.25) is 14.3 Å². The first-order valence-electron chi connectivity index (χ1n) is 7.88. The van der Waals surface area contributed by atoms with E-state index in [1.165, 1.54) is 0 Å². The highest BCUT2D eigenvalue weighted by Gasteiger charge is 2.13. The van der Waals surface area contributed by atoms with E-state index in [4.69, 9.17) is 0 Å². The molecule has 0 saturated carbocycles. The van der Waals surface area contributed by atoms with Crippen molar-refractivity contribution in [3.63, 3.8) is 0 Å². The zero-order chi connectivity index (χ0) is 17.1. The zero-order valence-corrected chi connectivity index (χ0v) is 13.7. The first-order valence-corrected chi connectivity index (χ1v) is 7.88. The summed E-state index contributed by atoms with van der Waals surface area (Å²) in [6.07, 6.45) is 2.69. The number of nitrogens with zero attached hydrogens (tertiary/aromatic N) is 3. The predicted molar refractivity (Wildman–Crippen MR) is 90.8 cm³/mol. The molecule has 7 nitrogen and oxygen atoms in total. The van der Waals surface area contributed by atoms with Crippen LogP contribution in [0.5, 0.6) is 0 Å². The molecular weight excluding hydrogens is 306 g/mol. The van der Waals surface area contributed by atoms with Crippen LogP contribution in [-0.4, -0.2) is 25.7 Å². The molecule has 2 heterocycles. The maximum atomic E-state index is 12.3. The molecule has 7 heteroatoms. The van der Waals surface area contributed by atoms with Crippen LogP contribution in [0.25, 0.3) is 10.9 Å². The SMILES string of the molecule is CCCn1cc(C(=O)NCc2nc3ccccc3c(=O)[nH]2)c(C)n1. The highest BCUT2D eigenvalue weighted by atomic mass is 16.1. The van der Waals surface area contributed by atoms with Crippen LogP contribution >= 0.6 is 0 Å². The van der Waals surface area contributed by atoms with Gasteiger partial charge in [0, 0.05) is 12.7 Å². The summed E-state index contributed by atoms with van der Waals surface area (Å²) in [7, 11) is 0. The average molecular weight is 325 g/mol. The maximum absolute atomic E-state index is 12.3. The molecule has 0 unspecified atom stereocenters. The summed E-state index contributed by atoms with van der Waals surface area (Å²) in [5, 5.41) is 7.62. The topological polar surface area (TPSA) is 92.7 Å². The van der Waals surface area contributed by atoms with Crippen molar-refractivity contribution in [1.82, 2.24) is 25.1 Å². The van der Waals surface area contributed by atoms with Crippen LogP contribution in [-0.2, 0) is 13.1 Å². The number of amides is 1. The number of carbonyl (C=O) groups excluding carboxylic acids is 1. The third-order valence-corrected chi connectivity index (χ3v) is 3.72. The molecule has 2 N–H and O–H groups in total. The van der Waals surface area contributed by atoms with Crippen LogP contribution in [0.2, 0.25) is 0 Å². The highest BCUT2D eigenvalue weighted by molar-refractivity contribution is 5.94. The van der Waals surface area contributed by atoms with E-state index in [2.05, 4.69) is 27.3 Å². The fourth-order valence-electron chi connectivity index (χ4n) is 2.56. The zero-order valence-electron chi connectivity index (χ0n) is 13.7. The number of rotatable bonds is 5. The maximum Gasteiger partial charge on any atom is 0.258 e. The molecule has 0 atom stereocenters. The summed E-state index contributed by atoms with van der Waals surface area (Å²) in [4.78, 5) is 31.4. The van der Waals surface area contributed by atoms with Gasteiger partial charge in [0.1, 0.15) is 5.82 Å². The van der Waals surface area contributed by atoms with Gasteiger partial charge < -0.3 is 10.3 Å². The Balaban J connectivity index is 1.76. The van der Waals surface area contributed by atoms with E-state index in [-0.39, 0.29) is 18.0 Å². The predicted octanol–water partition coefficient (Wildman–Crippen LogP) is 1.77. The lowest BCUT2D eigenvalue weighted by Gasteiger charge is -2.05. The van der Waals surface area contributed by atoms with E-state index < -0.39 is 0 Å². The quantitative estimate of drug-likeness (QED) is 0.747. The number of para-hydroxylation sites is 1. The number of aromatic amines is 1. The molecule has 0 spiro atoms. The van der Waals surface area contributed by atoms with Crippen molar-refractivity contribution in [1.29, 1.82) is 0 Å². The number of hydrogen-bond donors (Lipinski definition) is 2. The first kappa shape index (κ1) is 15.9. The highest BCUT2D eigenvalue weighted by Crippen LogP contribution is 2.08. The van der Waals surface area contributed by atoms with Gasteiger partial charge in [0.15, 0.2) is 0 Å². The van der Waals surface area contributed by atoms with Crippen LogP contribution in [0.4, 0.5) is 0 Å². The van der Waals surface area contributed by atoms with Crippen molar-refractivity contribution < 1.29 is 4.79 Å². The van der Waals surface area contributed by atoms with Gasteiger partial charge in [-0.2, -0.15) is 5.10 Å². The molecule has 3 aromatic rings. The second kappa shape index (κ2) is 6.66. The number of hydrogen-bond acceptors (Lipinski definition) is 4. The Morgan fingerprint density at radius 3 is 2.92 bits per heavy atom. The van der Waals surface area contributed by atoms with Gasteiger partial charge in [0.25, 0.3) is 11.5 Å². The third kappa shape index (κ3) is 3.19. The van der Waals surface area contributed by atoms with Crippen molar-refractivity contribution in [2.24, 2.45) is 0 Å². The molecule has 0 saturated heterocycles. The molecule has 0 aliphatic heterocycles. The van der Waals surface area contributed by atoms with Crippen molar-refractivity contribution in [3.8, 4) is 0 Å². The lowest BCUT2D eigenvalue weighted by molar-refractivity contribution is 0.0949. The standard InChI is InChI=1S/C17H19N5O2/c1-3-8-22-10-13(11(2)21-22)16(23)18-9-15-19-14-7-5-4-6-12(14)17(24)20-15/h4-7,10H,3,8-9H2,1-2H3,(H,18,23)(H,19,20,24). The Morgan fingerprint density at radius 2 is 2.12 bits per heavy atom. The Labute approximate surface area is 138 Å². The van der Waals surface area contributed by atoms with Crippen molar-refractivity contribution in [2.45, 2.75) is 33.4 Å². The largest absolute Gasteiger partial charge is 0.345 e. The van der Waals surface area contributed by atoms with Crippen LogP contribution in [0, 0.1) is 6.92 Å². The average Bonchev–Trinajstić information content (AvgIpc) is 2.94. The number of aryl methyl sites for hydroxylation is 2. The van der Waals surface area contributed by atoms with Gasteiger partial charge in [-0.05, 0) is 25.5 Å². The van der Waals surface area contributed by atoms with Crippen LogP contribution in [0.3, 0.4) is 0 Å². The molecule has 0 radical (unpaired) electrons. The molecule has 0 bridgehead atoms. The smallest absolute Gasteiger partial charge is 0.258 e. The molecule has 124 valence electrons. The molecular formula is C17H19N5O2. The molecule has 3 rings (SSSR count). The number of benzene rings is 1. The van der Waals surface area contributed by atoms with E-state index in [0.29, 0.717) is 28.0 Å². The van der Waals surface area contributed by atoms with Crippen molar-refractivity contribution in [2.75, 3.05) is 0 Å². The van der Waals surface area contributed by atoms with Crippen LogP contribution in [0.15, 0.2) is 35.3 Å². The Hall–Kier alpha value is -2.96. The monoisotopic (exact) mass is 325 g/mol. The van der Waals surface area contributed by atoms with Gasteiger partial charge in [-0.1, -0.05) is 19.1 Å². The lowest BCUT2D eigenvalue weighted by Crippen LogP contribution is -2.25. The number of aromatic nitrogens is 4. The van der Waals surface area contributed by atoms with Gasteiger partial charge >= 0.3 is 0 Å². The molecule has 0 aliphatic carbocycles. The molecule has 0 aliphatic rings. The molecule has 0 fully saturated rings. The second-order valence-corrected chi connectivity index (χ2v) is 5.60. The fourth-order valence-corrected chi connectivity index (χ4v) is 2.56. The number of fused-ring (bicyclic) bond motifs is 1. The van der Waals surface area contributed by atoms with Crippen LogP contribution in [0.1, 0.15) is 35.2 Å². The van der Waals surface area contributed by atoms with Gasteiger partial charge in [-0.25, -0.2) is 4.98 Å². The summed E-state index contributed by atoms with van der Waals surface area (Å²) in [6, 6.07) is 7.10. The molecule has 1 aromatic carbocycles. The third-order valence-electron chi connectivity index (χ3n) is 3.72. The van der Waals surface area contributed by atoms with Crippen molar-refractivity contribution in [3.05, 3.63) is 57.9 Å². The Kier molecular flexibility index (Phi) is 4.41. The minimum Gasteiger partial charge on any atom is -0.345 e. The summed E-state index contributed by atoms with van der Waals surface area (Å²) in [6.45, 7) is 4.78. The summed E-state index contributed by atoms with van der Waals surface area (Å²) >= 11 is 0. The minimum atomic E-state index is -0.231. The Morgan fingerprint density at radius 1 is 1.33 bits per heavy atom. The van der Waals surface area contributed by atoms with Crippen molar-refractivity contribution >= 4 is 16.8 Å². The Bertz CT molecular complexity index is 942. The van der Waals surface area contributed by atoms with E-state index >= 15 is 0 Å². The van der Waals surface area contributed by atoms with Crippen LogP contribution < -0.4 is 10.9 Å². The normalized spacial score (nSPS) is 10.9. The number of nitrogens with one attached hydrogen (secondary N) is 2. The summed E-state index contributed by atoms with van der Waals surface area (Å²) < 4.78 is 1.76. The van der Waals surface area contributed by atoms with E-state index in [1.54, 1.807) is 36.0 Å². The minimum absolute atomic E-state index is 0.150. The fraction of sp³-hybridized carbons (Fsp3) is 0.294. The molecule has 1 amide bonds. The van der Waals surface area contributed by atoms with E-state index in [1.807, 2.05) is 6.07 Å². The van der Waals surface area contributed by atoms with Gasteiger partial charge in [0.2, 0.25) is 0 Å². The molecule has 24 heavy (non-hydrogen) atoms. The number of H-pyrrole nitrogens is 1.